The van der Waals surface area contributed by atoms with Gasteiger partial charge < -0.3 is 4.89 Å². The number of hydrogen-bond acceptors (Lipinski definition) is 3. The molecular formula is C22H39O4P. The summed E-state index contributed by atoms with van der Waals surface area (Å²) in [6, 6.07) is 6.92. The van der Waals surface area contributed by atoms with Crippen molar-refractivity contribution in [1.82, 2.24) is 0 Å². The Labute approximate surface area is 166 Å². The quantitative estimate of drug-likeness (QED) is 0.321. The van der Waals surface area contributed by atoms with Crippen LogP contribution in [0.5, 0.6) is 0 Å². The number of aryl methyl sites for hydroxylation is 1. The normalized spacial score (nSPS) is 15.0. The van der Waals surface area contributed by atoms with E-state index in [2.05, 4.69) is 59.7 Å². The molecule has 27 heavy (non-hydrogen) atoms. The molecule has 0 fully saturated rings. The lowest BCUT2D eigenvalue weighted by molar-refractivity contribution is 0.148. The monoisotopic (exact) mass is 398 g/mol. The lowest BCUT2D eigenvalue weighted by atomic mass is 9.75. The van der Waals surface area contributed by atoms with Crippen molar-refractivity contribution < 1.29 is 18.5 Å². The molecule has 156 valence electrons. The van der Waals surface area contributed by atoms with Crippen molar-refractivity contribution >= 4 is 7.82 Å². The van der Waals surface area contributed by atoms with Gasteiger partial charge in [-0.3, -0.25) is 9.05 Å². The summed E-state index contributed by atoms with van der Waals surface area (Å²) in [5.41, 5.74) is 4.23. The number of phosphoric ester groups is 1. The first kappa shape index (κ1) is 24.4. The highest BCUT2D eigenvalue weighted by molar-refractivity contribution is 7.47. The van der Waals surface area contributed by atoms with Crippen LogP contribution < -0.4 is 0 Å². The van der Waals surface area contributed by atoms with E-state index in [0.29, 0.717) is 12.8 Å². The fourth-order valence-corrected chi connectivity index (χ4v) is 3.57. The summed E-state index contributed by atoms with van der Waals surface area (Å²) in [4.78, 5) is 9.62. The van der Waals surface area contributed by atoms with Crippen LogP contribution >= 0.6 is 7.82 Å². The number of hydrogen-bond donors (Lipinski definition) is 1. The minimum atomic E-state index is -3.91. The molecule has 0 heterocycles. The smallest absolute Gasteiger partial charge is 0.302 e. The fourth-order valence-electron chi connectivity index (χ4n) is 2.73. The van der Waals surface area contributed by atoms with Crippen LogP contribution in [0.1, 0.15) is 90.8 Å². The van der Waals surface area contributed by atoms with Crippen LogP contribution in [0.2, 0.25) is 0 Å². The molecule has 1 atom stereocenters. The highest BCUT2D eigenvalue weighted by Crippen LogP contribution is 2.43. The lowest BCUT2D eigenvalue weighted by Gasteiger charge is -2.29. The summed E-state index contributed by atoms with van der Waals surface area (Å²) >= 11 is 0. The Morgan fingerprint density at radius 1 is 0.889 bits per heavy atom. The average Bonchev–Trinajstić information content (AvgIpc) is 2.63. The van der Waals surface area contributed by atoms with Gasteiger partial charge in [-0.2, -0.15) is 0 Å². The van der Waals surface area contributed by atoms with E-state index in [9.17, 15) is 9.46 Å². The van der Waals surface area contributed by atoms with Crippen molar-refractivity contribution in [3.63, 3.8) is 0 Å². The largest absolute Gasteiger partial charge is 0.472 e. The van der Waals surface area contributed by atoms with E-state index in [1.54, 1.807) is 0 Å². The van der Waals surface area contributed by atoms with Gasteiger partial charge >= 0.3 is 7.82 Å². The van der Waals surface area contributed by atoms with Crippen molar-refractivity contribution in [3.8, 4) is 0 Å². The van der Waals surface area contributed by atoms with E-state index in [1.165, 1.54) is 16.7 Å². The molecule has 0 saturated carbocycles. The Kier molecular flexibility index (Phi) is 9.21. The number of phosphoric acid groups is 1. The Morgan fingerprint density at radius 3 is 1.81 bits per heavy atom. The molecule has 0 aliphatic heterocycles. The molecule has 0 aromatic heterocycles. The second kappa shape index (κ2) is 10.2. The van der Waals surface area contributed by atoms with Crippen molar-refractivity contribution in [2.24, 2.45) is 0 Å². The third-order valence-corrected chi connectivity index (χ3v) is 6.66. The van der Waals surface area contributed by atoms with Crippen LogP contribution in [0.4, 0.5) is 0 Å². The molecule has 0 bridgehead atoms. The first-order chi connectivity index (χ1) is 12.5. The summed E-state index contributed by atoms with van der Waals surface area (Å²) in [6.45, 7) is 15.9. The van der Waals surface area contributed by atoms with Crippen LogP contribution in [-0.4, -0.2) is 18.1 Å². The van der Waals surface area contributed by atoms with Crippen LogP contribution in [-0.2, 0) is 30.9 Å². The molecule has 1 rings (SSSR count). The van der Waals surface area contributed by atoms with Crippen LogP contribution in [0, 0.1) is 0 Å². The second-order valence-corrected chi connectivity index (χ2v) is 10.1. The van der Waals surface area contributed by atoms with Crippen molar-refractivity contribution in [2.45, 2.75) is 91.4 Å². The maximum atomic E-state index is 11.7. The standard InChI is InChI=1S/C22H39O4P/c1-8-13-25-27(23,24)26-14-11-12-18-15-19(21(4,5)9-2)17-20(16-18)22(6,7)10-3/h15-17H,8-14H2,1-7H3,(H,23,24). The highest BCUT2D eigenvalue weighted by Gasteiger charge is 2.24. The van der Waals surface area contributed by atoms with Gasteiger partial charge in [0.25, 0.3) is 0 Å². The van der Waals surface area contributed by atoms with Gasteiger partial charge in [-0.25, -0.2) is 4.57 Å². The summed E-state index contributed by atoms with van der Waals surface area (Å²) in [6.07, 6.45) is 4.34. The molecule has 5 heteroatoms. The molecule has 0 aliphatic rings. The highest BCUT2D eigenvalue weighted by atomic mass is 31.2. The van der Waals surface area contributed by atoms with E-state index >= 15 is 0 Å². The Balaban J connectivity index is 2.89. The maximum absolute atomic E-state index is 11.7. The predicted molar refractivity (Wildman–Crippen MR) is 113 cm³/mol. The molecule has 0 amide bonds. The topological polar surface area (TPSA) is 55.8 Å². The molecule has 0 aliphatic carbocycles. The average molecular weight is 399 g/mol. The first-order valence-electron chi connectivity index (χ1n) is 10.2. The molecule has 1 aromatic carbocycles. The fraction of sp³-hybridized carbons (Fsp3) is 0.727. The van der Waals surface area contributed by atoms with Gasteiger partial charge in [0.05, 0.1) is 13.2 Å². The van der Waals surface area contributed by atoms with E-state index in [4.69, 9.17) is 9.05 Å². The maximum Gasteiger partial charge on any atom is 0.472 e. The third-order valence-electron chi connectivity index (χ3n) is 5.65. The molecule has 0 spiro atoms. The SMILES string of the molecule is CCCOP(=O)(O)OCCCc1cc(C(C)(C)CC)cc(C(C)(C)CC)c1. The Morgan fingerprint density at radius 2 is 1.37 bits per heavy atom. The van der Waals surface area contributed by atoms with Crippen molar-refractivity contribution in [2.75, 3.05) is 13.2 Å². The second-order valence-electron chi connectivity index (χ2n) is 8.63. The summed E-state index contributed by atoms with van der Waals surface area (Å²) < 4.78 is 21.7. The van der Waals surface area contributed by atoms with Gasteiger partial charge in [0.15, 0.2) is 0 Å². The summed E-state index contributed by atoms with van der Waals surface area (Å²) in [5, 5.41) is 0. The van der Waals surface area contributed by atoms with Crippen LogP contribution in [0.25, 0.3) is 0 Å². The molecule has 0 radical (unpaired) electrons. The first-order valence-corrected chi connectivity index (χ1v) is 11.7. The molecule has 0 saturated heterocycles. The van der Waals surface area contributed by atoms with Crippen LogP contribution in [0.15, 0.2) is 18.2 Å². The number of rotatable bonds is 12. The zero-order chi connectivity index (χ0) is 20.7. The van der Waals surface area contributed by atoms with Gasteiger partial charge in [0.1, 0.15) is 0 Å². The van der Waals surface area contributed by atoms with Gasteiger partial charge in [0, 0.05) is 0 Å². The molecule has 4 nitrogen and oxygen atoms in total. The molecule has 1 N–H and O–H groups in total. The van der Waals surface area contributed by atoms with Gasteiger partial charge in [-0.1, -0.05) is 66.7 Å². The van der Waals surface area contributed by atoms with Gasteiger partial charge in [0.2, 0.25) is 0 Å². The Hall–Kier alpha value is -0.670. The van der Waals surface area contributed by atoms with E-state index in [1.807, 2.05) is 6.92 Å². The summed E-state index contributed by atoms with van der Waals surface area (Å²) in [5.74, 6) is 0. The minimum Gasteiger partial charge on any atom is -0.302 e. The lowest BCUT2D eigenvalue weighted by Crippen LogP contribution is -2.20. The zero-order valence-corrected chi connectivity index (χ0v) is 19.2. The zero-order valence-electron chi connectivity index (χ0n) is 18.3. The number of benzene rings is 1. The van der Waals surface area contributed by atoms with Crippen molar-refractivity contribution in [3.05, 3.63) is 34.9 Å². The third kappa shape index (κ3) is 7.69. The van der Waals surface area contributed by atoms with Crippen LogP contribution in [0.3, 0.4) is 0 Å². The predicted octanol–water partition coefficient (Wildman–Crippen LogP) is 6.54. The molecular weight excluding hydrogens is 359 g/mol. The minimum absolute atomic E-state index is 0.125. The van der Waals surface area contributed by atoms with Crippen molar-refractivity contribution in [1.29, 1.82) is 0 Å². The van der Waals surface area contributed by atoms with E-state index in [-0.39, 0.29) is 24.0 Å². The summed E-state index contributed by atoms with van der Waals surface area (Å²) in [7, 11) is -3.91. The van der Waals surface area contributed by atoms with E-state index < -0.39 is 7.82 Å². The van der Waals surface area contributed by atoms with Gasteiger partial charge in [-0.15, -0.1) is 0 Å². The molecule has 1 unspecified atom stereocenters. The van der Waals surface area contributed by atoms with E-state index in [0.717, 1.165) is 19.3 Å². The Bertz CT molecular complexity index is 603. The van der Waals surface area contributed by atoms with Gasteiger partial charge in [-0.05, 0) is 59.6 Å². The molecule has 1 aromatic rings.